The lowest BCUT2D eigenvalue weighted by Crippen LogP contribution is -2.27. The Bertz CT molecular complexity index is 927. The molecule has 0 heterocycles. The number of hydrogen-bond acceptors (Lipinski definition) is 1. The zero-order valence-corrected chi connectivity index (χ0v) is 14.9. The maximum atomic E-state index is 12.6. The Morgan fingerprint density at radius 3 is 2.33 bits per heavy atom. The maximum Gasteiger partial charge on any atom is 0.416 e. The number of amides is 1. The highest BCUT2D eigenvalue weighted by atomic mass is 19.4. The molecule has 27 heavy (non-hydrogen) atoms. The molecule has 1 N–H and O–H groups in total. The summed E-state index contributed by atoms with van der Waals surface area (Å²) in [6.07, 6.45) is -3.73. The first-order valence-corrected chi connectivity index (χ1v) is 8.78. The van der Waals surface area contributed by atoms with E-state index in [1.54, 1.807) is 0 Å². The minimum absolute atomic E-state index is 0.129. The number of carbonyl (C=O) groups excluding carboxylic acids is 1. The second-order valence-corrected chi connectivity index (χ2v) is 6.55. The number of aryl methyl sites for hydroxylation is 1. The van der Waals surface area contributed by atoms with Crippen molar-refractivity contribution in [2.75, 3.05) is 0 Å². The molecule has 0 fully saturated rings. The third-order valence-corrected chi connectivity index (χ3v) is 4.59. The van der Waals surface area contributed by atoms with Crippen LogP contribution in [0.2, 0.25) is 0 Å². The lowest BCUT2D eigenvalue weighted by Gasteiger charge is -2.17. The third kappa shape index (κ3) is 4.67. The quantitative estimate of drug-likeness (QED) is 0.615. The van der Waals surface area contributed by atoms with Crippen LogP contribution < -0.4 is 5.32 Å². The number of carbonyl (C=O) groups is 1. The molecule has 3 aromatic carbocycles. The number of hydrogen-bond donors (Lipinski definition) is 1. The van der Waals surface area contributed by atoms with Gasteiger partial charge in [0.05, 0.1) is 11.6 Å². The van der Waals surface area contributed by atoms with Crippen LogP contribution in [0.1, 0.15) is 36.1 Å². The molecule has 0 radical (unpaired) electrons. The molecule has 1 amide bonds. The summed E-state index contributed by atoms with van der Waals surface area (Å²) in [4.78, 5) is 12.3. The van der Waals surface area contributed by atoms with Gasteiger partial charge in [-0.05, 0) is 47.4 Å². The molecule has 1 unspecified atom stereocenters. The van der Waals surface area contributed by atoms with Crippen molar-refractivity contribution < 1.29 is 18.0 Å². The molecule has 0 aromatic heterocycles. The zero-order valence-electron chi connectivity index (χ0n) is 14.9. The molecule has 0 saturated carbocycles. The van der Waals surface area contributed by atoms with E-state index in [1.807, 2.05) is 49.4 Å². The summed E-state index contributed by atoms with van der Waals surface area (Å²) in [6.45, 7) is 1.93. The zero-order chi connectivity index (χ0) is 19.4. The molecular weight excluding hydrogens is 351 g/mol. The van der Waals surface area contributed by atoms with E-state index in [0.29, 0.717) is 12.0 Å². The highest BCUT2D eigenvalue weighted by Gasteiger charge is 2.29. The Morgan fingerprint density at radius 2 is 1.63 bits per heavy atom. The second-order valence-electron chi connectivity index (χ2n) is 6.55. The monoisotopic (exact) mass is 371 g/mol. The molecule has 2 nitrogen and oxygen atoms in total. The summed E-state index contributed by atoms with van der Waals surface area (Å²) < 4.78 is 37.8. The van der Waals surface area contributed by atoms with Crippen LogP contribution in [-0.4, -0.2) is 5.91 Å². The third-order valence-electron chi connectivity index (χ3n) is 4.59. The van der Waals surface area contributed by atoms with Gasteiger partial charge in [0.25, 0.3) is 0 Å². The van der Waals surface area contributed by atoms with Crippen molar-refractivity contribution in [3.05, 3.63) is 83.4 Å². The van der Waals surface area contributed by atoms with Gasteiger partial charge in [0.2, 0.25) is 5.91 Å². The predicted molar refractivity (Wildman–Crippen MR) is 100 cm³/mol. The largest absolute Gasteiger partial charge is 0.416 e. The van der Waals surface area contributed by atoms with E-state index in [2.05, 4.69) is 5.32 Å². The van der Waals surface area contributed by atoms with Gasteiger partial charge >= 0.3 is 6.18 Å². The van der Waals surface area contributed by atoms with Crippen molar-refractivity contribution in [3.63, 3.8) is 0 Å². The molecule has 140 valence electrons. The van der Waals surface area contributed by atoms with E-state index < -0.39 is 11.7 Å². The van der Waals surface area contributed by atoms with Crippen molar-refractivity contribution in [1.82, 2.24) is 5.32 Å². The summed E-state index contributed by atoms with van der Waals surface area (Å²) in [6, 6.07) is 18.7. The highest BCUT2D eigenvalue weighted by Crippen LogP contribution is 2.29. The van der Waals surface area contributed by atoms with Gasteiger partial charge in [0, 0.05) is 6.42 Å². The maximum absolute atomic E-state index is 12.6. The van der Waals surface area contributed by atoms with Crippen LogP contribution in [0, 0.1) is 0 Å². The van der Waals surface area contributed by atoms with E-state index >= 15 is 0 Å². The summed E-state index contributed by atoms with van der Waals surface area (Å²) in [5, 5.41) is 5.18. The topological polar surface area (TPSA) is 29.1 Å². The van der Waals surface area contributed by atoms with Gasteiger partial charge in [-0.2, -0.15) is 13.2 Å². The number of nitrogens with one attached hydrogen (secondary N) is 1. The number of benzene rings is 3. The number of rotatable bonds is 5. The fourth-order valence-corrected chi connectivity index (χ4v) is 3.14. The Labute approximate surface area is 156 Å². The number of halogens is 3. The number of fused-ring (bicyclic) bond motifs is 1. The van der Waals surface area contributed by atoms with E-state index in [4.69, 9.17) is 0 Å². The highest BCUT2D eigenvalue weighted by molar-refractivity contribution is 5.86. The average molecular weight is 371 g/mol. The van der Waals surface area contributed by atoms with E-state index in [0.717, 1.165) is 28.5 Å². The molecule has 0 aliphatic rings. The first kappa shape index (κ1) is 19.0. The van der Waals surface area contributed by atoms with Crippen molar-refractivity contribution in [2.24, 2.45) is 0 Å². The van der Waals surface area contributed by atoms with Gasteiger partial charge in [-0.3, -0.25) is 4.79 Å². The second kappa shape index (κ2) is 7.82. The van der Waals surface area contributed by atoms with Crippen LogP contribution in [0.5, 0.6) is 0 Å². The van der Waals surface area contributed by atoms with E-state index in [-0.39, 0.29) is 18.4 Å². The first-order chi connectivity index (χ1) is 12.8. The van der Waals surface area contributed by atoms with Crippen LogP contribution in [-0.2, 0) is 17.4 Å². The van der Waals surface area contributed by atoms with Gasteiger partial charge < -0.3 is 5.32 Å². The van der Waals surface area contributed by atoms with Gasteiger partial charge in [-0.25, -0.2) is 0 Å². The van der Waals surface area contributed by atoms with Crippen molar-refractivity contribution >= 4 is 16.7 Å². The van der Waals surface area contributed by atoms with Crippen LogP contribution in [0.3, 0.4) is 0 Å². The number of alkyl halides is 3. The molecule has 0 bridgehead atoms. The molecule has 3 rings (SSSR count). The molecule has 1 atom stereocenters. The lowest BCUT2D eigenvalue weighted by molar-refractivity contribution is -0.137. The minimum atomic E-state index is -4.34. The SMILES string of the molecule is CC(NC(=O)CCc1ccc(C(F)(F)F)cc1)c1cccc2ccccc12. The fraction of sp³-hybridized carbons (Fsp3) is 0.227. The van der Waals surface area contributed by atoms with Gasteiger partial charge in [-0.15, -0.1) is 0 Å². The van der Waals surface area contributed by atoms with Crippen LogP contribution in [0.25, 0.3) is 10.8 Å². The molecule has 0 spiro atoms. The van der Waals surface area contributed by atoms with Gasteiger partial charge in [0.1, 0.15) is 0 Å². The lowest BCUT2D eigenvalue weighted by atomic mass is 9.99. The molecule has 0 aliphatic heterocycles. The molecule has 3 aromatic rings. The van der Waals surface area contributed by atoms with Crippen molar-refractivity contribution in [1.29, 1.82) is 0 Å². The Hall–Kier alpha value is -2.82. The van der Waals surface area contributed by atoms with E-state index in [1.165, 1.54) is 12.1 Å². The Balaban J connectivity index is 1.60. The van der Waals surface area contributed by atoms with Gasteiger partial charge in [-0.1, -0.05) is 54.6 Å². The normalized spacial score (nSPS) is 12.7. The Kier molecular flexibility index (Phi) is 5.49. The fourth-order valence-electron chi connectivity index (χ4n) is 3.14. The molecule has 5 heteroatoms. The van der Waals surface area contributed by atoms with Crippen LogP contribution in [0.15, 0.2) is 66.7 Å². The molecule has 0 aliphatic carbocycles. The minimum Gasteiger partial charge on any atom is -0.350 e. The Morgan fingerprint density at radius 1 is 0.963 bits per heavy atom. The molecule has 0 saturated heterocycles. The van der Waals surface area contributed by atoms with Gasteiger partial charge in [0.15, 0.2) is 0 Å². The average Bonchev–Trinajstić information content (AvgIpc) is 2.65. The van der Waals surface area contributed by atoms with Crippen molar-refractivity contribution in [3.8, 4) is 0 Å². The van der Waals surface area contributed by atoms with Crippen LogP contribution >= 0.6 is 0 Å². The molecular formula is C22H20F3NO. The summed E-state index contributed by atoms with van der Waals surface area (Å²) in [5.41, 5.74) is 1.06. The summed E-state index contributed by atoms with van der Waals surface area (Å²) in [5.74, 6) is -0.129. The van der Waals surface area contributed by atoms with Crippen molar-refractivity contribution in [2.45, 2.75) is 32.0 Å². The first-order valence-electron chi connectivity index (χ1n) is 8.78. The smallest absolute Gasteiger partial charge is 0.350 e. The van der Waals surface area contributed by atoms with Crippen LogP contribution in [0.4, 0.5) is 13.2 Å². The predicted octanol–water partition coefficient (Wildman–Crippen LogP) is 5.67. The van der Waals surface area contributed by atoms with E-state index in [9.17, 15) is 18.0 Å². The summed E-state index contributed by atoms with van der Waals surface area (Å²) in [7, 11) is 0. The summed E-state index contributed by atoms with van der Waals surface area (Å²) >= 11 is 0. The standard InChI is InChI=1S/C22H20F3NO/c1-15(19-8-4-6-17-5-2-3-7-20(17)19)26-21(27)14-11-16-9-12-18(13-10-16)22(23,24)25/h2-10,12-13,15H,11,14H2,1H3,(H,26,27).